The molecule has 0 bridgehead atoms. The fraction of sp³-hybridized carbons (Fsp3) is 0.148. The van der Waals surface area contributed by atoms with Crippen molar-refractivity contribution in [2.45, 2.75) is 25.4 Å². The molecule has 6 heteroatoms. The molecule has 162 valence electrons. The molecule has 5 rings (SSSR count). The monoisotopic (exact) mass is 435 g/mol. The summed E-state index contributed by atoms with van der Waals surface area (Å²) in [4.78, 5) is 15.5. The van der Waals surface area contributed by atoms with E-state index in [0.29, 0.717) is 22.7 Å². The van der Waals surface area contributed by atoms with Crippen LogP contribution < -0.4 is 10.5 Å². The number of carboxylic acid groups (broad SMARTS) is 1. The summed E-state index contributed by atoms with van der Waals surface area (Å²) < 4.78 is 6.33. The summed E-state index contributed by atoms with van der Waals surface area (Å²) in [6, 6.07) is 21.3. The number of aryl methyl sites for hydroxylation is 1. The molecule has 3 N–H and O–H groups in total. The van der Waals surface area contributed by atoms with E-state index in [1.54, 1.807) is 24.4 Å². The molecule has 3 aromatic carbocycles. The first kappa shape index (κ1) is 20.5. The number of hydrogen-bond donors (Lipinski definition) is 2. The molecule has 1 aromatic heterocycles. The molecule has 0 aliphatic heterocycles. The van der Waals surface area contributed by atoms with Gasteiger partial charge in [0.05, 0.1) is 18.1 Å². The summed E-state index contributed by atoms with van der Waals surface area (Å²) in [6.45, 7) is 0. The van der Waals surface area contributed by atoms with Crippen LogP contribution in [0.3, 0.4) is 0 Å². The van der Waals surface area contributed by atoms with Crippen LogP contribution in [0, 0.1) is 11.3 Å². The molecule has 1 heterocycles. The van der Waals surface area contributed by atoms with Crippen molar-refractivity contribution in [2.24, 2.45) is 0 Å². The molecule has 0 spiro atoms. The Morgan fingerprint density at radius 1 is 1.15 bits per heavy atom. The summed E-state index contributed by atoms with van der Waals surface area (Å²) >= 11 is 0. The van der Waals surface area contributed by atoms with Crippen molar-refractivity contribution in [3.63, 3.8) is 0 Å². The second-order valence-electron chi connectivity index (χ2n) is 8.16. The van der Waals surface area contributed by atoms with Crippen molar-refractivity contribution in [1.29, 1.82) is 5.26 Å². The molecule has 0 fully saturated rings. The summed E-state index contributed by atoms with van der Waals surface area (Å²) in [7, 11) is 0. The van der Waals surface area contributed by atoms with Gasteiger partial charge in [-0.15, -0.1) is 0 Å². The highest BCUT2D eigenvalue weighted by Crippen LogP contribution is 2.40. The average Bonchev–Trinajstić information content (AvgIpc) is 3.22. The van der Waals surface area contributed by atoms with Crippen molar-refractivity contribution < 1.29 is 14.6 Å². The van der Waals surface area contributed by atoms with Gasteiger partial charge >= 0.3 is 5.97 Å². The lowest BCUT2D eigenvalue weighted by atomic mass is 9.96. The molecular formula is C27H21N3O3. The number of ether oxygens (including phenoxy) is 1. The molecule has 33 heavy (non-hydrogen) atoms. The number of rotatable bonds is 5. The number of nitrogens with two attached hydrogens (primary N) is 1. The maximum absolute atomic E-state index is 11.3. The lowest BCUT2D eigenvalue weighted by Gasteiger charge is -2.18. The Labute approximate surface area is 190 Å². The minimum Gasteiger partial charge on any atom is -0.485 e. The van der Waals surface area contributed by atoms with Gasteiger partial charge in [-0.3, -0.25) is 4.79 Å². The maximum atomic E-state index is 11.3. The SMILES string of the molecule is N#Cc1ccc(CC(=O)O)c(OC2CCc3ccc(-c4cccc5c(N)nccc45)cc32)c1. The topological polar surface area (TPSA) is 109 Å². The van der Waals surface area contributed by atoms with Crippen LogP contribution >= 0.6 is 0 Å². The van der Waals surface area contributed by atoms with Gasteiger partial charge in [-0.1, -0.05) is 36.4 Å². The molecule has 1 aliphatic rings. The first-order valence-electron chi connectivity index (χ1n) is 10.7. The number of aromatic nitrogens is 1. The van der Waals surface area contributed by atoms with Gasteiger partial charge in [-0.05, 0) is 64.7 Å². The molecule has 0 amide bonds. The Bertz CT molecular complexity index is 1440. The van der Waals surface area contributed by atoms with Crippen molar-refractivity contribution in [1.82, 2.24) is 4.98 Å². The quantitative estimate of drug-likeness (QED) is 0.454. The summed E-state index contributed by atoms with van der Waals surface area (Å²) in [5.74, 6) is 0.00662. The molecule has 4 aromatic rings. The molecule has 0 saturated carbocycles. The molecule has 6 nitrogen and oxygen atoms in total. The molecule has 1 aliphatic carbocycles. The fourth-order valence-electron chi connectivity index (χ4n) is 4.53. The van der Waals surface area contributed by atoms with E-state index in [9.17, 15) is 15.2 Å². The summed E-state index contributed by atoms with van der Waals surface area (Å²) in [5.41, 5.74) is 11.5. The van der Waals surface area contributed by atoms with Crippen LogP contribution in [0.2, 0.25) is 0 Å². The zero-order valence-electron chi connectivity index (χ0n) is 17.8. The third-order valence-electron chi connectivity index (χ3n) is 6.12. The Balaban J connectivity index is 1.54. The van der Waals surface area contributed by atoms with Crippen molar-refractivity contribution in [3.8, 4) is 22.9 Å². The number of benzene rings is 3. The van der Waals surface area contributed by atoms with Gasteiger partial charge < -0.3 is 15.6 Å². The van der Waals surface area contributed by atoms with Gasteiger partial charge in [0.15, 0.2) is 0 Å². The number of carbonyl (C=O) groups is 1. The number of aliphatic carboxylic acids is 1. The molecule has 1 unspecified atom stereocenters. The predicted molar refractivity (Wildman–Crippen MR) is 126 cm³/mol. The minimum absolute atomic E-state index is 0.161. The van der Waals surface area contributed by atoms with E-state index in [-0.39, 0.29) is 12.5 Å². The van der Waals surface area contributed by atoms with Gasteiger partial charge in [0.1, 0.15) is 17.7 Å². The smallest absolute Gasteiger partial charge is 0.307 e. The third-order valence-corrected chi connectivity index (χ3v) is 6.12. The highest BCUT2D eigenvalue weighted by Gasteiger charge is 2.26. The van der Waals surface area contributed by atoms with Crippen LogP contribution in [0.1, 0.15) is 34.8 Å². The lowest BCUT2D eigenvalue weighted by molar-refractivity contribution is -0.136. The normalized spacial score (nSPS) is 14.6. The zero-order valence-corrected chi connectivity index (χ0v) is 17.8. The van der Waals surface area contributed by atoms with Crippen LogP contribution in [-0.4, -0.2) is 16.1 Å². The third kappa shape index (κ3) is 3.85. The van der Waals surface area contributed by atoms with Gasteiger partial charge in [0.2, 0.25) is 0 Å². The van der Waals surface area contributed by atoms with E-state index >= 15 is 0 Å². The highest BCUT2D eigenvalue weighted by atomic mass is 16.5. The van der Waals surface area contributed by atoms with Crippen LogP contribution in [0.4, 0.5) is 5.82 Å². The largest absolute Gasteiger partial charge is 0.485 e. The zero-order chi connectivity index (χ0) is 22.9. The number of hydrogen-bond acceptors (Lipinski definition) is 5. The van der Waals surface area contributed by atoms with Crippen LogP contribution in [0.15, 0.2) is 66.9 Å². The highest BCUT2D eigenvalue weighted by molar-refractivity contribution is 6.01. The van der Waals surface area contributed by atoms with Crippen molar-refractivity contribution in [2.75, 3.05) is 5.73 Å². The van der Waals surface area contributed by atoms with Crippen molar-refractivity contribution >= 4 is 22.6 Å². The Kier molecular flexibility index (Phi) is 5.15. The molecule has 1 atom stereocenters. The van der Waals surface area contributed by atoms with E-state index in [4.69, 9.17) is 10.5 Å². The first-order valence-corrected chi connectivity index (χ1v) is 10.7. The fourth-order valence-corrected chi connectivity index (χ4v) is 4.53. The van der Waals surface area contributed by atoms with Crippen LogP contribution in [0.25, 0.3) is 21.9 Å². The Morgan fingerprint density at radius 2 is 2.03 bits per heavy atom. The maximum Gasteiger partial charge on any atom is 0.307 e. The lowest BCUT2D eigenvalue weighted by Crippen LogP contribution is -2.08. The van der Waals surface area contributed by atoms with Gasteiger partial charge in [0.25, 0.3) is 0 Å². The Morgan fingerprint density at radius 3 is 2.85 bits per heavy atom. The predicted octanol–water partition coefficient (Wildman–Crippen LogP) is 5.05. The number of nitriles is 1. The average molecular weight is 435 g/mol. The second-order valence-corrected chi connectivity index (χ2v) is 8.16. The summed E-state index contributed by atoms with van der Waals surface area (Å²) in [5, 5.41) is 20.5. The van der Waals surface area contributed by atoms with E-state index in [0.717, 1.165) is 40.3 Å². The number of nitrogen functional groups attached to an aromatic ring is 1. The summed E-state index contributed by atoms with van der Waals surface area (Å²) in [6.07, 6.45) is 3.00. The number of carboxylic acids is 1. The number of pyridine rings is 1. The number of nitrogens with zero attached hydrogens (tertiary/aromatic N) is 2. The van der Waals surface area contributed by atoms with Gasteiger partial charge in [0, 0.05) is 17.1 Å². The standard InChI is InChI=1S/C27H21N3O3/c28-15-16-4-5-19(14-26(31)32)25(12-16)33-24-9-8-17-6-7-18(13-23(17)24)20-2-1-3-22-21(20)10-11-30-27(22)29/h1-7,10-13,24H,8-9,14H2,(H2,29,30)(H,31,32). The van der Waals surface area contributed by atoms with Gasteiger partial charge in [-0.25, -0.2) is 4.98 Å². The first-order chi connectivity index (χ1) is 16.0. The molecule has 0 saturated heterocycles. The Hall–Kier alpha value is -4.37. The number of anilines is 1. The molecular weight excluding hydrogens is 414 g/mol. The van der Waals surface area contributed by atoms with E-state index < -0.39 is 5.97 Å². The van der Waals surface area contributed by atoms with E-state index in [2.05, 4.69) is 35.3 Å². The van der Waals surface area contributed by atoms with Crippen LogP contribution in [-0.2, 0) is 17.6 Å². The molecule has 0 radical (unpaired) electrons. The number of fused-ring (bicyclic) bond motifs is 2. The van der Waals surface area contributed by atoms with Crippen LogP contribution in [0.5, 0.6) is 5.75 Å². The van der Waals surface area contributed by atoms with E-state index in [1.807, 2.05) is 18.2 Å². The minimum atomic E-state index is -0.941. The van der Waals surface area contributed by atoms with Gasteiger partial charge in [-0.2, -0.15) is 5.26 Å². The second kappa shape index (κ2) is 8.29. The van der Waals surface area contributed by atoms with E-state index in [1.165, 1.54) is 5.56 Å². The van der Waals surface area contributed by atoms with Crippen molar-refractivity contribution in [3.05, 3.63) is 89.1 Å².